The summed E-state index contributed by atoms with van der Waals surface area (Å²) in [4.78, 5) is 28.6. The summed E-state index contributed by atoms with van der Waals surface area (Å²) in [5.74, 6) is 1.11. The lowest BCUT2D eigenvalue weighted by Crippen LogP contribution is -2.56. The molecule has 2 fully saturated rings. The molecular formula is C17H27N3O2S. The van der Waals surface area contributed by atoms with Crippen LogP contribution in [-0.2, 0) is 9.59 Å². The zero-order valence-corrected chi connectivity index (χ0v) is 15.2. The van der Waals surface area contributed by atoms with Gasteiger partial charge in [-0.15, -0.1) is 0 Å². The number of piperidine rings is 1. The summed E-state index contributed by atoms with van der Waals surface area (Å²) in [5.41, 5.74) is -0.573. The van der Waals surface area contributed by atoms with Gasteiger partial charge in [0.2, 0.25) is 11.8 Å². The van der Waals surface area contributed by atoms with Crippen LogP contribution in [-0.4, -0.2) is 59.3 Å². The van der Waals surface area contributed by atoms with Crippen LogP contribution in [0.15, 0.2) is 0 Å². The van der Waals surface area contributed by atoms with Gasteiger partial charge in [0.15, 0.2) is 0 Å². The highest BCUT2D eigenvalue weighted by Crippen LogP contribution is 2.37. The van der Waals surface area contributed by atoms with Gasteiger partial charge in [0, 0.05) is 37.7 Å². The first-order valence-corrected chi connectivity index (χ1v) is 9.81. The van der Waals surface area contributed by atoms with Gasteiger partial charge in [-0.1, -0.05) is 6.92 Å². The number of carbonyl (C=O) groups excluding carboxylic acids is 2. The first kappa shape index (κ1) is 18.1. The number of nitriles is 1. The number of amides is 2. The molecule has 0 aromatic carbocycles. The van der Waals surface area contributed by atoms with Gasteiger partial charge in [0.1, 0.15) is 5.54 Å². The molecule has 0 unspecified atom stereocenters. The number of thioether (sulfide) groups is 1. The zero-order chi connectivity index (χ0) is 17.0. The van der Waals surface area contributed by atoms with E-state index < -0.39 is 5.54 Å². The van der Waals surface area contributed by atoms with Gasteiger partial charge in [-0.2, -0.15) is 17.0 Å². The predicted octanol–water partition coefficient (Wildman–Crippen LogP) is 2.13. The van der Waals surface area contributed by atoms with E-state index in [1.165, 1.54) is 0 Å². The molecular weight excluding hydrogens is 310 g/mol. The molecule has 6 heteroatoms. The summed E-state index contributed by atoms with van der Waals surface area (Å²) >= 11 is 1.69. The Hall–Kier alpha value is -1.22. The van der Waals surface area contributed by atoms with E-state index in [9.17, 15) is 14.9 Å². The Morgan fingerprint density at radius 1 is 1.39 bits per heavy atom. The monoisotopic (exact) mass is 337 g/mol. The maximum atomic E-state index is 12.7. The SMILES string of the molecule is CSC[C@@H](C)C(=O)N1CCC(C(=O)N(C)C2(C#N)CCC2)CC1. The molecule has 0 radical (unpaired) electrons. The minimum atomic E-state index is -0.573. The van der Waals surface area contributed by atoms with Crippen LogP contribution >= 0.6 is 11.8 Å². The van der Waals surface area contributed by atoms with Crippen LogP contribution < -0.4 is 0 Å². The first-order valence-electron chi connectivity index (χ1n) is 8.42. The molecule has 2 amide bonds. The van der Waals surface area contributed by atoms with Crippen LogP contribution in [0, 0.1) is 23.2 Å². The second kappa shape index (κ2) is 7.57. The molecule has 1 heterocycles. The standard InChI is InChI=1S/C17H27N3O2S/c1-13(11-23-3)15(21)20-9-5-14(6-10-20)16(22)19(2)17(12-18)7-4-8-17/h13-14H,4-11H2,1-3H3/t13-/m1/s1. The molecule has 0 N–H and O–H groups in total. The van der Waals surface area contributed by atoms with Crippen molar-refractivity contribution >= 4 is 23.6 Å². The number of nitrogens with zero attached hydrogens (tertiary/aromatic N) is 3. The van der Waals surface area contributed by atoms with Crippen molar-refractivity contribution in [3.63, 3.8) is 0 Å². The average Bonchev–Trinajstić information content (AvgIpc) is 2.53. The molecule has 23 heavy (non-hydrogen) atoms. The highest BCUT2D eigenvalue weighted by Gasteiger charge is 2.45. The molecule has 1 aliphatic carbocycles. The minimum absolute atomic E-state index is 0.0387. The van der Waals surface area contributed by atoms with E-state index in [4.69, 9.17) is 0 Å². The van der Waals surface area contributed by atoms with E-state index in [-0.39, 0.29) is 23.7 Å². The Bertz CT molecular complexity index is 491. The largest absolute Gasteiger partial charge is 0.342 e. The van der Waals surface area contributed by atoms with E-state index in [1.807, 2.05) is 18.1 Å². The third-order valence-electron chi connectivity index (χ3n) is 5.36. The molecule has 128 valence electrons. The van der Waals surface area contributed by atoms with Gasteiger partial charge in [0.05, 0.1) is 6.07 Å². The van der Waals surface area contributed by atoms with Crippen molar-refractivity contribution in [2.24, 2.45) is 11.8 Å². The van der Waals surface area contributed by atoms with E-state index in [0.29, 0.717) is 25.9 Å². The molecule has 2 rings (SSSR count). The van der Waals surface area contributed by atoms with E-state index in [1.54, 1.807) is 23.7 Å². The van der Waals surface area contributed by atoms with Crippen molar-refractivity contribution in [1.29, 1.82) is 5.26 Å². The molecule has 1 saturated carbocycles. The second-order valence-corrected chi connectivity index (χ2v) is 7.76. The third kappa shape index (κ3) is 3.65. The predicted molar refractivity (Wildman–Crippen MR) is 91.8 cm³/mol. The lowest BCUT2D eigenvalue weighted by molar-refractivity contribution is -0.145. The van der Waals surface area contributed by atoms with Crippen molar-refractivity contribution < 1.29 is 9.59 Å². The van der Waals surface area contributed by atoms with Crippen molar-refractivity contribution in [3.05, 3.63) is 0 Å². The number of hydrogen-bond acceptors (Lipinski definition) is 4. The Morgan fingerprint density at radius 3 is 2.43 bits per heavy atom. The van der Waals surface area contributed by atoms with Gasteiger partial charge in [-0.3, -0.25) is 9.59 Å². The van der Waals surface area contributed by atoms with Crippen LogP contribution in [0.4, 0.5) is 0 Å². The average molecular weight is 337 g/mol. The fourth-order valence-corrected chi connectivity index (χ4v) is 4.14. The van der Waals surface area contributed by atoms with Crippen molar-refractivity contribution in [2.75, 3.05) is 32.1 Å². The molecule has 2 aliphatic rings. The summed E-state index contributed by atoms with van der Waals surface area (Å²) in [6.45, 7) is 3.28. The maximum Gasteiger partial charge on any atom is 0.226 e. The van der Waals surface area contributed by atoms with Crippen LogP contribution in [0.2, 0.25) is 0 Å². The summed E-state index contributed by atoms with van der Waals surface area (Å²) in [6.07, 6.45) is 6.02. The van der Waals surface area contributed by atoms with Crippen LogP contribution in [0.3, 0.4) is 0 Å². The molecule has 1 atom stereocenters. The van der Waals surface area contributed by atoms with Gasteiger partial charge in [-0.25, -0.2) is 0 Å². The Morgan fingerprint density at radius 2 is 2.00 bits per heavy atom. The van der Waals surface area contributed by atoms with E-state index in [0.717, 1.165) is 25.0 Å². The van der Waals surface area contributed by atoms with E-state index in [2.05, 4.69) is 6.07 Å². The topological polar surface area (TPSA) is 64.4 Å². The molecule has 0 spiro atoms. The molecule has 1 saturated heterocycles. The maximum absolute atomic E-state index is 12.7. The molecule has 0 aromatic rings. The van der Waals surface area contributed by atoms with Crippen LogP contribution in [0.25, 0.3) is 0 Å². The van der Waals surface area contributed by atoms with Gasteiger partial charge >= 0.3 is 0 Å². The van der Waals surface area contributed by atoms with Crippen molar-refractivity contribution in [3.8, 4) is 6.07 Å². The van der Waals surface area contributed by atoms with Gasteiger partial charge in [0.25, 0.3) is 0 Å². The lowest BCUT2D eigenvalue weighted by atomic mass is 9.76. The first-order chi connectivity index (χ1) is 10.9. The van der Waals surface area contributed by atoms with Gasteiger partial charge in [-0.05, 0) is 38.4 Å². The molecule has 0 bridgehead atoms. The number of carbonyl (C=O) groups is 2. The number of rotatable bonds is 5. The highest BCUT2D eigenvalue weighted by molar-refractivity contribution is 7.98. The summed E-state index contributed by atoms with van der Waals surface area (Å²) < 4.78 is 0. The Balaban J connectivity index is 1.88. The smallest absolute Gasteiger partial charge is 0.226 e. The normalized spacial score (nSPS) is 21.9. The fraction of sp³-hybridized carbons (Fsp3) is 0.824. The second-order valence-electron chi connectivity index (χ2n) is 6.85. The molecule has 0 aromatic heterocycles. The Labute approximate surface area is 143 Å². The number of hydrogen-bond donors (Lipinski definition) is 0. The zero-order valence-electron chi connectivity index (χ0n) is 14.4. The summed E-state index contributed by atoms with van der Waals surface area (Å²) in [7, 11) is 1.77. The molecule has 1 aliphatic heterocycles. The summed E-state index contributed by atoms with van der Waals surface area (Å²) in [5, 5.41) is 9.38. The number of likely N-dealkylation sites (tertiary alicyclic amines) is 1. The minimum Gasteiger partial charge on any atom is -0.342 e. The lowest BCUT2D eigenvalue weighted by Gasteiger charge is -2.45. The summed E-state index contributed by atoms with van der Waals surface area (Å²) in [6, 6.07) is 2.33. The highest BCUT2D eigenvalue weighted by atomic mass is 32.2. The van der Waals surface area contributed by atoms with Gasteiger partial charge < -0.3 is 9.80 Å². The Kier molecular flexibility index (Phi) is 5.96. The molecule has 5 nitrogen and oxygen atoms in total. The van der Waals surface area contributed by atoms with Crippen LogP contribution in [0.1, 0.15) is 39.0 Å². The third-order valence-corrected chi connectivity index (χ3v) is 6.19. The van der Waals surface area contributed by atoms with Crippen molar-refractivity contribution in [1.82, 2.24) is 9.80 Å². The van der Waals surface area contributed by atoms with Crippen molar-refractivity contribution in [2.45, 2.75) is 44.6 Å². The quantitative estimate of drug-likeness (QED) is 0.771. The van der Waals surface area contributed by atoms with Crippen LogP contribution in [0.5, 0.6) is 0 Å². The van der Waals surface area contributed by atoms with E-state index >= 15 is 0 Å². The fourth-order valence-electron chi connectivity index (χ4n) is 3.50.